The first-order valence-corrected chi connectivity index (χ1v) is 42.5. The van der Waals surface area contributed by atoms with Crippen molar-refractivity contribution < 1.29 is 0 Å². The highest BCUT2D eigenvalue weighted by Gasteiger charge is 2.36. The Balaban J connectivity index is 0.0000000828. The molecule has 0 bridgehead atoms. The highest BCUT2D eigenvalue weighted by molar-refractivity contribution is 6.16. The predicted molar refractivity (Wildman–Crippen MR) is 489 cm³/mol. The summed E-state index contributed by atoms with van der Waals surface area (Å²) in [6.45, 7) is 0. The van der Waals surface area contributed by atoms with Gasteiger partial charge < -0.3 is 0 Å². The topological polar surface area (TPSA) is 172 Å². The lowest BCUT2D eigenvalue weighted by atomic mass is 9.99. The minimum Gasteiger partial charge on any atom is -0.291 e. The molecule has 0 amide bonds. The molecule has 0 N–H and O–H groups in total. The number of pyridine rings is 12. The Kier molecular flexibility index (Phi) is 13.3. The Morgan fingerprint density at radius 3 is 0.927 bits per heavy atom. The molecule has 32 rings (SSSR count). The molecule has 576 valence electrons. The fraction of sp³-hybridized carbons (Fsp3) is 0.0741. The molecule has 0 aliphatic heterocycles. The van der Waals surface area contributed by atoms with E-state index in [0.29, 0.717) is 0 Å². The lowest BCUT2D eigenvalue weighted by molar-refractivity contribution is 1.15. The molecular formula is C108H64N16. The van der Waals surface area contributed by atoms with E-state index in [4.69, 9.17) is 24.9 Å². The highest BCUT2D eigenvalue weighted by Crippen LogP contribution is 2.53. The molecule has 16 heterocycles. The third-order valence-corrected chi connectivity index (χ3v) is 27.8. The molecule has 0 saturated carbocycles. The van der Waals surface area contributed by atoms with Crippen LogP contribution in [0.1, 0.15) is 89.5 Å². The number of fused-ring (bicyclic) bond motifs is 52. The smallest absolute Gasteiger partial charge is 0.164 e. The lowest BCUT2D eigenvalue weighted by Crippen LogP contribution is -1.96. The lowest BCUT2D eigenvalue weighted by Gasteiger charge is -2.11. The van der Waals surface area contributed by atoms with Crippen LogP contribution >= 0.6 is 0 Å². The molecule has 124 heavy (non-hydrogen) atoms. The zero-order valence-corrected chi connectivity index (χ0v) is 66.5. The van der Waals surface area contributed by atoms with Crippen LogP contribution in [0.3, 0.4) is 0 Å². The number of rotatable bonds is 0. The summed E-state index contributed by atoms with van der Waals surface area (Å²) < 4.78 is 9.30. The van der Waals surface area contributed by atoms with Crippen LogP contribution in [0.4, 0.5) is 0 Å². The highest BCUT2D eigenvalue weighted by atomic mass is 15.1. The molecule has 0 radical (unpaired) electrons. The maximum Gasteiger partial charge on any atom is 0.164 e. The summed E-state index contributed by atoms with van der Waals surface area (Å²) in [7, 11) is 0. The van der Waals surface area contributed by atoms with Gasteiger partial charge in [-0.3, -0.25) is 57.5 Å². The number of benzene rings is 8. The average molecular weight is 1590 g/mol. The van der Waals surface area contributed by atoms with Gasteiger partial charge in [0.15, 0.2) is 5.65 Å². The van der Waals surface area contributed by atoms with Crippen molar-refractivity contribution in [2.24, 2.45) is 0 Å². The zero-order chi connectivity index (χ0) is 80.4. The van der Waals surface area contributed by atoms with E-state index in [1.54, 1.807) is 0 Å². The second-order valence-corrected chi connectivity index (χ2v) is 34.2. The van der Waals surface area contributed by atoms with Crippen LogP contribution in [0.2, 0.25) is 0 Å². The van der Waals surface area contributed by atoms with E-state index in [-0.39, 0.29) is 0 Å². The predicted octanol–water partition coefficient (Wildman–Crippen LogP) is 22.3. The van der Waals surface area contributed by atoms with Crippen molar-refractivity contribution in [3.8, 4) is 89.5 Å². The summed E-state index contributed by atoms with van der Waals surface area (Å²) in [5.41, 5.74) is 52.9. The van der Waals surface area contributed by atoms with Crippen molar-refractivity contribution in [3.63, 3.8) is 0 Å². The van der Waals surface area contributed by atoms with Gasteiger partial charge >= 0.3 is 0 Å². The van der Waals surface area contributed by atoms with E-state index in [2.05, 4.69) is 247 Å². The Hall–Kier alpha value is -16.2. The van der Waals surface area contributed by atoms with Crippen molar-refractivity contribution in [2.75, 3.05) is 0 Å². The molecule has 0 fully saturated rings. The second-order valence-electron chi connectivity index (χ2n) is 34.2. The molecule has 24 aromatic rings. The van der Waals surface area contributed by atoms with Gasteiger partial charge in [-0.25, -0.2) is 19.9 Å². The van der Waals surface area contributed by atoms with Crippen LogP contribution in [0.15, 0.2) is 293 Å². The maximum absolute atomic E-state index is 5.15. The van der Waals surface area contributed by atoms with Crippen molar-refractivity contribution in [2.45, 2.75) is 51.4 Å². The van der Waals surface area contributed by atoms with Crippen LogP contribution < -0.4 is 0 Å². The Labute approximate surface area is 706 Å². The van der Waals surface area contributed by atoms with Crippen molar-refractivity contribution >= 4 is 110 Å². The molecule has 16 heteroatoms. The number of aromatic nitrogens is 16. The first kappa shape index (κ1) is 66.7. The minimum atomic E-state index is 0.872. The van der Waals surface area contributed by atoms with Gasteiger partial charge in [0, 0.05) is 183 Å². The average Bonchev–Trinajstić information content (AvgIpc) is 1.55. The van der Waals surface area contributed by atoms with Gasteiger partial charge in [0.25, 0.3) is 0 Å². The normalized spacial score (nSPS) is 13.5. The summed E-state index contributed by atoms with van der Waals surface area (Å²) in [5, 5.41) is 11.0. The standard InChI is InChI=1S/4C27H16N4/c1-2-5-18-15(4-1)10-16-11-17-12-23-26(21(17)13-20(16)18)31-24-7-9-28-14-22(24)25-19(27(31)30-23)6-3-8-29-25;1-2-5-18-15(4-1)10-16-11-17-12-23-26(21(17)13-20(16)18)31-24-7-9-28-14-22(24)19-6-3-8-29-25(19)27(31)30-23;1-2-4-18-15(3-1)9-16-10-17-11-24-26(21(17)12-20(16)18)31-25-6-8-29-14-23(25)22-13-28-7-5-19(22)27(31)30-24;1-2-4-18-15(3-1)9-16-10-17-11-24-26(21(17)12-20(16)18)31-25-6-8-29-13-22(25)19-5-7-28-14-23(19)27(31)30-24/h2*1-9,11,13-14H,10,12H2;2*1-8,10,12-14H,9,11H2. The number of hydrogen-bond acceptors (Lipinski definition) is 12. The number of hydrogen-bond donors (Lipinski definition) is 0. The van der Waals surface area contributed by atoms with E-state index in [9.17, 15) is 0 Å². The summed E-state index contributed by atoms with van der Waals surface area (Å²) >= 11 is 0. The summed E-state index contributed by atoms with van der Waals surface area (Å²) in [5.74, 6) is 0. The zero-order valence-electron chi connectivity index (χ0n) is 66.5. The third-order valence-electron chi connectivity index (χ3n) is 27.8. The molecule has 16 nitrogen and oxygen atoms in total. The van der Waals surface area contributed by atoms with Gasteiger partial charge in [-0.15, -0.1) is 0 Å². The summed E-state index contributed by atoms with van der Waals surface area (Å²) in [6, 6.07) is 75.0. The van der Waals surface area contributed by atoms with E-state index in [1.807, 2.05) is 98.9 Å². The third kappa shape index (κ3) is 9.18. The van der Waals surface area contributed by atoms with E-state index >= 15 is 0 Å². The summed E-state index contributed by atoms with van der Waals surface area (Å²) in [6.07, 6.45) is 34.1. The second kappa shape index (κ2) is 24.7. The van der Waals surface area contributed by atoms with Crippen LogP contribution in [0.25, 0.3) is 199 Å². The molecule has 0 unspecified atom stereocenters. The van der Waals surface area contributed by atoms with E-state index in [0.717, 1.165) is 184 Å². The Bertz CT molecular complexity index is 8010. The Morgan fingerprint density at radius 2 is 0.492 bits per heavy atom. The molecule has 0 spiro atoms. The van der Waals surface area contributed by atoms with E-state index in [1.165, 1.54) is 156 Å². The summed E-state index contributed by atoms with van der Waals surface area (Å²) in [4.78, 5) is 56.3. The maximum atomic E-state index is 5.15. The fourth-order valence-electron chi connectivity index (χ4n) is 22.6. The van der Waals surface area contributed by atoms with Crippen molar-refractivity contribution in [1.82, 2.24) is 77.4 Å². The Morgan fingerprint density at radius 1 is 0.185 bits per heavy atom. The van der Waals surface area contributed by atoms with Gasteiger partial charge in [-0.1, -0.05) is 127 Å². The van der Waals surface area contributed by atoms with E-state index < -0.39 is 0 Å². The van der Waals surface area contributed by atoms with Crippen molar-refractivity contribution in [3.05, 3.63) is 383 Å². The molecule has 0 saturated heterocycles. The van der Waals surface area contributed by atoms with Crippen LogP contribution in [0, 0.1) is 0 Å². The number of nitrogens with zero attached hydrogens (tertiary/aromatic N) is 16. The van der Waals surface area contributed by atoms with Gasteiger partial charge in [0.1, 0.15) is 22.5 Å². The van der Waals surface area contributed by atoms with Crippen LogP contribution in [-0.4, -0.2) is 77.4 Å². The van der Waals surface area contributed by atoms with Gasteiger partial charge in [-0.2, -0.15) is 0 Å². The fourth-order valence-corrected chi connectivity index (χ4v) is 22.6. The first-order valence-electron chi connectivity index (χ1n) is 42.5. The van der Waals surface area contributed by atoms with Crippen LogP contribution in [0.5, 0.6) is 0 Å². The molecular weight excluding hydrogens is 1520 g/mol. The molecule has 8 aliphatic rings. The van der Waals surface area contributed by atoms with Gasteiger partial charge in [-0.05, 0) is 221 Å². The quantitative estimate of drug-likeness (QED) is 0.132. The number of imidazole rings is 4. The monoisotopic (exact) mass is 1580 g/mol. The first-order chi connectivity index (χ1) is 61.5. The van der Waals surface area contributed by atoms with Crippen LogP contribution in [-0.2, 0) is 51.4 Å². The van der Waals surface area contributed by atoms with Crippen molar-refractivity contribution in [1.29, 1.82) is 0 Å². The molecule has 8 aromatic carbocycles. The minimum absolute atomic E-state index is 0.872. The molecule has 8 aliphatic carbocycles. The van der Waals surface area contributed by atoms with Gasteiger partial charge in [0.05, 0.1) is 73.1 Å². The molecule has 16 aromatic heterocycles. The SMILES string of the molecule is c1ccc2c(c1)Cc1cc3c(cc1-2)-c1c(nc2c4cccnc4c4cnccc4n12)C3.c1ccc2c(c1)Cc1cc3c(cc1-2)-c1c(nc2c4ccncc4c4cnccc4n12)C3.c1ccc2c(c1)Cc1cc3c(cc1-2)-c1c(nc2c4cnccc4c4cnccc4n12)C3.c1ccc2c(c1)Cc1cc3c(cc1-2)-c1c(nc2c4ncccc4c4cnccc4n12)C3. The largest absolute Gasteiger partial charge is 0.291 e. The molecule has 0 atom stereocenters. The van der Waals surface area contributed by atoms with Gasteiger partial charge in [0.2, 0.25) is 0 Å².